The van der Waals surface area contributed by atoms with Gasteiger partial charge in [0.25, 0.3) is 5.91 Å². The van der Waals surface area contributed by atoms with E-state index in [1.54, 1.807) is 24.5 Å². The molecule has 3 rings (SSSR count). The highest BCUT2D eigenvalue weighted by atomic mass is 19.4. The number of nitrogens with one attached hydrogen (secondary N) is 1. The van der Waals surface area contributed by atoms with Crippen LogP contribution in [0.5, 0.6) is 0 Å². The Morgan fingerprint density at radius 2 is 2.05 bits per heavy atom. The van der Waals surface area contributed by atoms with Crippen LogP contribution in [0.15, 0.2) is 42.9 Å². The molecule has 1 amide bonds. The predicted octanol–water partition coefficient (Wildman–Crippen LogP) is 2.13. The summed E-state index contributed by atoms with van der Waals surface area (Å²) in [6.45, 7) is 0.341. The van der Waals surface area contributed by atoms with Crippen LogP contribution >= 0.6 is 0 Å². The SMILES string of the molecule is O=C1C(c2cccnc2)CNN1c1ccc(C(F)(F)F)cn1. The molecule has 1 aliphatic rings. The molecule has 1 atom stereocenters. The lowest BCUT2D eigenvalue weighted by atomic mass is 10.0. The predicted molar refractivity (Wildman–Crippen MR) is 71.7 cm³/mol. The molecule has 22 heavy (non-hydrogen) atoms. The first-order valence-electron chi connectivity index (χ1n) is 6.47. The van der Waals surface area contributed by atoms with Crippen LogP contribution in [0, 0.1) is 0 Å². The maximum Gasteiger partial charge on any atom is 0.417 e. The molecule has 1 unspecified atom stereocenters. The normalized spacial score (nSPS) is 18.8. The van der Waals surface area contributed by atoms with Crippen molar-refractivity contribution in [3.63, 3.8) is 0 Å². The van der Waals surface area contributed by atoms with E-state index in [0.29, 0.717) is 12.7 Å². The summed E-state index contributed by atoms with van der Waals surface area (Å²) < 4.78 is 37.5. The topological polar surface area (TPSA) is 58.1 Å². The molecule has 2 aromatic heterocycles. The molecule has 1 N–H and O–H groups in total. The first-order valence-corrected chi connectivity index (χ1v) is 6.47. The van der Waals surface area contributed by atoms with E-state index in [4.69, 9.17) is 0 Å². The number of hydrogen-bond acceptors (Lipinski definition) is 4. The van der Waals surface area contributed by atoms with Gasteiger partial charge in [0, 0.05) is 25.1 Å². The Hall–Kier alpha value is -2.48. The van der Waals surface area contributed by atoms with E-state index >= 15 is 0 Å². The van der Waals surface area contributed by atoms with E-state index in [0.717, 1.165) is 16.6 Å². The quantitative estimate of drug-likeness (QED) is 0.923. The molecular weight excluding hydrogens is 297 g/mol. The molecule has 0 bridgehead atoms. The number of carbonyl (C=O) groups excluding carboxylic acids is 1. The third-order valence-electron chi connectivity index (χ3n) is 3.36. The number of halogens is 3. The van der Waals surface area contributed by atoms with Gasteiger partial charge in [-0.2, -0.15) is 13.2 Å². The van der Waals surface area contributed by atoms with Gasteiger partial charge in [-0.05, 0) is 23.8 Å². The van der Waals surface area contributed by atoms with Crippen LogP contribution < -0.4 is 10.4 Å². The molecule has 114 valence electrons. The van der Waals surface area contributed by atoms with Crippen molar-refractivity contribution in [3.05, 3.63) is 54.0 Å². The molecular formula is C14H11F3N4O. The molecule has 0 spiro atoms. The summed E-state index contributed by atoms with van der Waals surface area (Å²) in [4.78, 5) is 20.0. The van der Waals surface area contributed by atoms with Crippen molar-refractivity contribution in [1.82, 2.24) is 15.4 Å². The van der Waals surface area contributed by atoms with Crippen LogP contribution in [0.1, 0.15) is 17.0 Å². The molecule has 1 fully saturated rings. The first-order chi connectivity index (χ1) is 10.5. The van der Waals surface area contributed by atoms with Crippen LogP contribution in [-0.2, 0) is 11.0 Å². The van der Waals surface area contributed by atoms with Gasteiger partial charge in [-0.1, -0.05) is 6.07 Å². The number of alkyl halides is 3. The Morgan fingerprint density at radius 1 is 1.23 bits per heavy atom. The van der Waals surface area contributed by atoms with E-state index in [2.05, 4.69) is 15.4 Å². The second kappa shape index (κ2) is 5.38. The van der Waals surface area contributed by atoms with E-state index in [1.165, 1.54) is 6.07 Å². The summed E-state index contributed by atoms with van der Waals surface area (Å²) in [5.74, 6) is -0.581. The van der Waals surface area contributed by atoms with Crippen molar-refractivity contribution >= 4 is 11.7 Å². The van der Waals surface area contributed by atoms with Gasteiger partial charge in [-0.3, -0.25) is 9.78 Å². The second-order valence-corrected chi connectivity index (χ2v) is 4.78. The number of amides is 1. The lowest BCUT2D eigenvalue weighted by Crippen LogP contribution is -2.35. The molecule has 0 saturated carbocycles. The van der Waals surface area contributed by atoms with Crippen LogP contribution in [0.4, 0.5) is 19.0 Å². The lowest BCUT2D eigenvalue weighted by molar-refractivity contribution is -0.137. The third kappa shape index (κ3) is 2.64. The second-order valence-electron chi connectivity index (χ2n) is 4.78. The largest absolute Gasteiger partial charge is 0.417 e. The summed E-state index contributed by atoms with van der Waals surface area (Å²) in [6.07, 6.45) is -0.548. The average Bonchev–Trinajstić information content (AvgIpc) is 2.89. The minimum absolute atomic E-state index is 0.129. The average molecular weight is 308 g/mol. The fourth-order valence-corrected chi connectivity index (χ4v) is 2.23. The van der Waals surface area contributed by atoms with Crippen LogP contribution in [0.2, 0.25) is 0 Å². The number of carbonyl (C=O) groups is 1. The van der Waals surface area contributed by atoms with E-state index in [-0.39, 0.29) is 11.7 Å². The Bertz CT molecular complexity index is 673. The number of anilines is 1. The minimum Gasteiger partial charge on any atom is -0.272 e. The van der Waals surface area contributed by atoms with Crippen molar-refractivity contribution in [3.8, 4) is 0 Å². The van der Waals surface area contributed by atoms with Gasteiger partial charge >= 0.3 is 6.18 Å². The Balaban J connectivity index is 1.81. The van der Waals surface area contributed by atoms with Crippen molar-refractivity contribution < 1.29 is 18.0 Å². The van der Waals surface area contributed by atoms with E-state index in [1.807, 2.05) is 0 Å². The number of nitrogens with zero attached hydrogens (tertiary/aromatic N) is 3. The van der Waals surface area contributed by atoms with Gasteiger partial charge in [0.15, 0.2) is 0 Å². The number of pyridine rings is 2. The van der Waals surface area contributed by atoms with Crippen LogP contribution in [0.3, 0.4) is 0 Å². The highest BCUT2D eigenvalue weighted by Crippen LogP contribution is 2.30. The minimum atomic E-state index is -4.45. The highest BCUT2D eigenvalue weighted by molar-refractivity contribution is 5.98. The van der Waals surface area contributed by atoms with Crippen LogP contribution in [0.25, 0.3) is 0 Å². The van der Waals surface area contributed by atoms with Gasteiger partial charge in [0.1, 0.15) is 5.82 Å². The highest BCUT2D eigenvalue weighted by Gasteiger charge is 2.35. The molecule has 1 saturated heterocycles. The number of rotatable bonds is 2. The monoisotopic (exact) mass is 308 g/mol. The Kier molecular flexibility index (Phi) is 3.53. The lowest BCUT2D eigenvalue weighted by Gasteiger charge is -2.16. The Morgan fingerprint density at radius 3 is 2.64 bits per heavy atom. The number of aromatic nitrogens is 2. The molecule has 1 aliphatic heterocycles. The zero-order chi connectivity index (χ0) is 15.7. The van der Waals surface area contributed by atoms with Gasteiger partial charge < -0.3 is 0 Å². The van der Waals surface area contributed by atoms with Crippen LogP contribution in [-0.4, -0.2) is 22.4 Å². The molecule has 2 aromatic rings. The molecule has 0 aromatic carbocycles. The summed E-state index contributed by atoms with van der Waals surface area (Å²) in [5, 5.41) is 1.16. The standard InChI is InChI=1S/C14H11F3N4O/c15-14(16,17)10-3-4-12(19-7-10)21-13(22)11(8-20-21)9-2-1-5-18-6-9/h1-7,11,20H,8H2. The summed E-state index contributed by atoms with van der Waals surface area (Å²) in [5.41, 5.74) is 2.73. The number of hydrogen-bond donors (Lipinski definition) is 1. The third-order valence-corrected chi connectivity index (χ3v) is 3.36. The molecule has 5 nitrogen and oxygen atoms in total. The maximum absolute atomic E-state index is 12.5. The zero-order valence-corrected chi connectivity index (χ0v) is 11.2. The number of hydrazine groups is 1. The summed E-state index contributed by atoms with van der Waals surface area (Å²) >= 11 is 0. The zero-order valence-electron chi connectivity index (χ0n) is 11.2. The molecule has 0 radical (unpaired) electrons. The van der Waals surface area contributed by atoms with Gasteiger partial charge in [0.2, 0.25) is 0 Å². The molecule has 8 heteroatoms. The first kappa shape index (κ1) is 14.5. The van der Waals surface area contributed by atoms with Crippen molar-refractivity contribution in [1.29, 1.82) is 0 Å². The van der Waals surface area contributed by atoms with E-state index < -0.39 is 17.7 Å². The van der Waals surface area contributed by atoms with Crippen molar-refractivity contribution in [2.24, 2.45) is 0 Å². The van der Waals surface area contributed by atoms with Gasteiger partial charge in [0.05, 0.1) is 11.5 Å². The molecule has 3 heterocycles. The summed E-state index contributed by atoms with van der Waals surface area (Å²) in [7, 11) is 0. The van der Waals surface area contributed by atoms with Gasteiger partial charge in [-0.25, -0.2) is 15.4 Å². The van der Waals surface area contributed by atoms with Gasteiger partial charge in [-0.15, -0.1) is 0 Å². The summed E-state index contributed by atoms with van der Waals surface area (Å²) in [6, 6.07) is 5.57. The molecule has 0 aliphatic carbocycles. The van der Waals surface area contributed by atoms with Crippen molar-refractivity contribution in [2.75, 3.05) is 11.6 Å². The smallest absolute Gasteiger partial charge is 0.272 e. The van der Waals surface area contributed by atoms with Crippen molar-refractivity contribution in [2.45, 2.75) is 12.1 Å². The maximum atomic E-state index is 12.5. The fraction of sp³-hybridized carbons (Fsp3) is 0.214. The fourth-order valence-electron chi connectivity index (χ4n) is 2.23. The van der Waals surface area contributed by atoms with E-state index in [9.17, 15) is 18.0 Å². The Labute approximate surface area is 123 Å².